The summed E-state index contributed by atoms with van der Waals surface area (Å²) in [5.74, 6) is 0.553. The first kappa shape index (κ1) is 10.6. The van der Waals surface area contributed by atoms with Crippen molar-refractivity contribution in [1.82, 2.24) is 4.98 Å². The number of hydrogen-bond donors (Lipinski definition) is 1. The van der Waals surface area contributed by atoms with Gasteiger partial charge in [-0.05, 0) is 46.9 Å². The highest BCUT2D eigenvalue weighted by molar-refractivity contribution is 14.1. The van der Waals surface area contributed by atoms with Gasteiger partial charge in [-0.3, -0.25) is 0 Å². The lowest BCUT2D eigenvalue weighted by Gasteiger charge is -2.04. The average molecular weight is 315 g/mol. The van der Waals surface area contributed by atoms with Crippen LogP contribution in [0.2, 0.25) is 0 Å². The number of aliphatic hydroxyl groups is 1. The van der Waals surface area contributed by atoms with Crippen molar-refractivity contribution in [2.45, 2.75) is 0 Å². The lowest BCUT2D eigenvalue weighted by molar-refractivity contribution is 0.197. The third-order valence-corrected chi connectivity index (χ3v) is 2.64. The Balaban J connectivity index is 2.34. The van der Waals surface area contributed by atoms with E-state index in [9.17, 15) is 0 Å². The van der Waals surface area contributed by atoms with Crippen molar-refractivity contribution >= 4 is 33.5 Å². The molecule has 0 spiro atoms. The molecule has 1 aromatic carbocycles. The summed E-state index contributed by atoms with van der Waals surface area (Å²) in [6, 6.07) is 9.82. The van der Waals surface area contributed by atoms with E-state index >= 15 is 0 Å². The normalized spacial score (nSPS) is 10.5. The lowest BCUT2D eigenvalue weighted by Crippen LogP contribution is -2.02. The highest BCUT2D eigenvalue weighted by Gasteiger charge is 1.99. The van der Waals surface area contributed by atoms with Gasteiger partial charge in [0.1, 0.15) is 6.61 Å². The molecule has 0 amide bonds. The van der Waals surface area contributed by atoms with Gasteiger partial charge in [0.05, 0.1) is 12.1 Å². The van der Waals surface area contributed by atoms with E-state index in [1.54, 1.807) is 0 Å². The molecular formula is C11H10INO2. The van der Waals surface area contributed by atoms with Gasteiger partial charge in [0.15, 0.2) is 0 Å². The van der Waals surface area contributed by atoms with Crippen LogP contribution >= 0.6 is 22.6 Å². The van der Waals surface area contributed by atoms with Crippen LogP contribution in [0.15, 0.2) is 30.3 Å². The zero-order chi connectivity index (χ0) is 10.7. The molecule has 1 heterocycles. The molecular weight excluding hydrogens is 305 g/mol. The Morgan fingerprint density at radius 1 is 1.27 bits per heavy atom. The Labute approximate surface area is 101 Å². The molecule has 0 aliphatic carbocycles. The summed E-state index contributed by atoms with van der Waals surface area (Å²) in [7, 11) is 0. The predicted molar refractivity (Wildman–Crippen MR) is 67.0 cm³/mol. The van der Waals surface area contributed by atoms with Gasteiger partial charge in [0.25, 0.3) is 0 Å². The molecule has 0 saturated carbocycles. The number of halogens is 1. The van der Waals surface area contributed by atoms with E-state index in [2.05, 4.69) is 33.6 Å². The van der Waals surface area contributed by atoms with Crippen molar-refractivity contribution in [2.75, 3.05) is 13.2 Å². The number of fused-ring (bicyclic) bond motifs is 1. The molecule has 0 bridgehead atoms. The maximum atomic E-state index is 8.62. The van der Waals surface area contributed by atoms with Crippen LogP contribution in [0.25, 0.3) is 10.9 Å². The molecule has 2 rings (SSSR count). The topological polar surface area (TPSA) is 42.4 Å². The van der Waals surface area contributed by atoms with Crippen molar-refractivity contribution in [2.24, 2.45) is 0 Å². The average Bonchev–Trinajstić information content (AvgIpc) is 2.26. The van der Waals surface area contributed by atoms with Crippen molar-refractivity contribution in [3.8, 4) is 5.88 Å². The van der Waals surface area contributed by atoms with E-state index < -0.39 is 0 Å². The van der Waals surface area contributed by atoms with E-state index in [1.165, 1.54) is 3.57 Å². The maximum absolute atomic E-state index is 8.62. The first-order valence-corrected chi connectivity index (χ1v) is 5.67. The second-order valence-corrected chi connectivity index (χ2v) is 4.30. The Morgan fingerprint density at radius 3 is 2.93 bits per heavy atom. The summed E-state index contributed by atoms with van der Waals surface area (Å²) >= 11 is 2.27. The highest BCUT2D eigenvalue weighted by Crippen LogP contribution is 2.18. The third-order valence-electron chi connectivity index (χ3n) is 1.97. The molecule has 78 valence electrons. The molecule has 15 heavy (non-hydrogen) atoms. The molecule has 3 nitrogen and oxygen atoms in total. The number of rotatable bonds is 3. The largest absolute Gasteiger partial charge is 0.475 e. The van der Waals surface area contributed by atoms with Gasteiger partial charge < -0.3 is 9.84 Å². The number of hydrogen-bond acceptors (Lipinski definition) is 3. The number of benzene rings is 1. The fourth-order valence-corrected chi connectivity index (χ4v) is 1.82. The van der Waals surface area contributed by atoms with Crippen molar-refractivity contribution in [3.63, 3.8) is 0 Å². The van der Waals surface area contributed by atoms with Crippen LogP contribution in [-0.2, 0) is 0 Å². The van der Waals surface area contributed by atoms with Gasteiger partial charge in [-0.25, -0.2) is 4.98 Å². The predicted octanol–water partition coefficient (Wildman–Crippen LogP) is 2.21. The minimum atomic E-state index is 0.00635. The van der Waals surface area contributed by atoms with E-state index in [0.717, 1.165) is 10.9 Å². The van der Waals surface area contributed by atoms with Crippen LogP contribution in [-0.4, -0.2) is 23.3 Å². The summed E-state index contributed by atoms with van der Waals surface area (Å²) in [5, 5.41) is 9.72. The molecule has 0 fully saturated rings. The van der Waals surface area contributed by atoms with Crippen LogP contribution in [0.5, 0.6) is 5.88 Å². The van der Waals surface area contributed by atoms with Gasteiger partial charge in [0, 0.05) is 15.0 Å². The number of aliphatic hydroxyl groups excluding tert-OH is 1. The maximum Gasteiger partial charge on any atom is 0.213 e. The lowest BCUT2D eigenvalue weighted by atomic mass is 10.2. The highest BCUT2D eigenvalue weighted by atomic mass is 127. The molecule has 1 aromatic heterocycles. The fourth-order valence-electron chi connectivity index (χ4n) is 1.31. The summed E-state index contributed by atoms with van der Waals surface area (Å²) < 4.78 is 6.42. The molecule has 0 aliphatic rings. The third kappa shape index (κ3) is 2.57. The van der Waals surface area contributed by atoms with Gasteiger partial charge >= 0.3 is 0 Å². The minimum Gasteiger partial charge on any atom is -0.475 e. The fraction of sp³-hybridized carbons (Fsp3) is 0.182. The smallest absolute Gasteiger partial charge is 0.213 e. The zero-order valence-corrected chi connectivity index (χ0v) is 10.1. The standard InChI is InChI=1S/C11H10INO2/c12-9-2-3-10-8(7-9)1-4-11(13-10)15-6-5-14/h1-4,7,14H,5-6H2. The van der Waals surface area contributed by atoms with E-state index in [-0.39, 0.29) is 13.2 Å². The number of ether oxygens (including phenoxy) is 1. The van der Waals surface area contributed by atoms with Crippen molar-refractivity contribution in [1.29, 1.82) is 0 Å². The Hall–Kier alpha value is -0.880. The second kappa shape index (κ2) is 4.76. The zero-order valence-electron chi connectivity index (χ0n) is 7.98. The first-order chi connectivity index (χ1) is 7.29. The molecule has 2 aromatic rings. The summed E-state index contributed by atoms with van der Waals surface area (Å²) in [6.45, 7) is 0.287. The van der Waals surface area contributed by atoms with Crippen LogP contribution in [0, 0.1) is 3.57 Å². The summed E-state index contributed by atoms with van der Waals surface area (Å²) in [6.07, 6.45) is 0. The van der Waals surface area contributed by atoms with Crippen LogP contribution in [0.3, 0.4) is 0 Å². The van der Waals surface area contributed by atoms with Crippen LogP contribution in [0.4, 0.5) is 0 Å². The molecule has 0 radical (unpaired) electrons. The van der Waals surface area contributed by atoms with Gasteiger partial charge in [0.2, 0.25) is 5.88 Å². The Morgan fingerprint density at radius 2 is 2.13 bits per heavy atom. The van der Waals surface area contributed by atoms with Gasteiger partial charge in [-0.15, -0.1) is 0 Å². The van der Waals surface area contributed by atoms with Crippen LogP contribution in [0.1, 0.15) is 0 Å². The number of nitrogens with zero attached hydrogens (tertiary/aromatic N) is 1. The quantitative estimate of drug-likeness (QED) is 0.883. The minimum absolute atomic E-state index is 0.00635. The summed E-state index contributed by atoms with van der Waals surface area (Å²) in [4.78, 5) is 4.32. The van der Waals surface area contributed by atoms with Gasteiger partial charge in [-0.1, -0.05) is 0 Å². The monoisotopic (exact) mass is 315 g/mol. The first-order valence-electron chi connectivity index (χ1n) is 4.59. The van der Waals surface area contributed by atoms with Crippen molar-refractivity contribution < 1.29 is 9.84 Å². The van der Waals surface area contributed by atoms with Crippen LogP contribution < -0.4 is 4.74 Å². The van der Waals surface area contributed by atoms with E-state index in [0.29, 0.717) is 5.88 Å². The molecule has 4 heteroatoms. The molecule has 0 atom stereocenters. The molecule has 0 saturated heterocycles. The summed E-state index contributed by atoms with van der Waals surface area (Å²) in [5.41, 5.74) is 0.908. The number of pyridine rings is 1. The Bertz CT molecular complexity index is 473. The Kier molecular flexibility index (Phi) is 3.37. The second-order valence-electron chi connectivity index (χ2n) is 3.06. The molecule has 0 unspecified atom stereocenters. The van der Waals surface area contributed by atoms with Gasteiger partial charge in [-0.2, -0.15) is 0 Å². The van der Waals surface area contributed by atoms with E-state index in [4.69, 9.17) is 9.84 Å². The van der Waals surface area contributed by atoms with E-state index in [1.807, 2.05) is 24.3 Å². The SMILES string of the molecule is OCCOc1ccc2cc(I)ccc2n1. The molecule has 1 N–H and O–H groups in total. The molecule has 0 aliphatic heterocycles. The van der Waals surface area contributed by atoms with Crippen molar-refractivity contribution in [3.05, 3.63) is 33.9 Å². The number of aromatic nitrogens is 1.